The number of aromatic carboxylic acids is 1. The molecule has 1 aromatic carbocycles. The maximum atomic E-state index is 11.8. The summed E-state index contributed by atoms with van der Waals surface area (Å²) in [5.74, 6) is -0.111. The Hall–Kier alpha value is -2.34. The molecule has 2 N–H and O–H groups in total. The van der Waals surface area contributed by atoms with Crippen molar-refractivity contribution >= 4 is 39.6 Å². The van der Waals surface area contributed by atoms with Crippen molar-refractivity contribution in [3.63, 3.8) is 0 Å². The summed E-state index contributed by atoms with van der Waals surface area (Å²) in [5, 5.41) is 11.5. The Balaban J connectivity index is 2.10. The first kappa shape index (κ1) is 15.1. The summed E-state index contributed by atoms with van der Waals surface area (Å²) in [6, 6.07) is 7.95. The Labute approximate surface area is 129 Å². The molecule has 0 unspecified atom stereocenters. The standard InChI is InChI=1S/C15H12BrNO4/c1-9-2-4-11(21-9)5-7-14(18)17-13-8-10(15(19)20)3-6-12(13)16/h2-8H,1H3,(H,17,18)(H,19,20)/b7-5+. The lowest BCUT2D eigenvalue weighted by molar-refractivity contribution is -0.111. The molecule has 0 bridgehead atoms. The lowest BCUT2D eigenvalue weighted by Crippen LogP contribution is -2.09. The van der Waals surface area contributed by atoms with Gasteiger partial charge in [-0.05, 0) is 59.3 Å². The summed E-state index contributed by atoms with van der Waals surface area (Å²) in [4.78, 5) is 22.7. The summed E-state index contributed by atoms with van der Waals surface area (Å²) in [7, 11) is 0. The molecule has 0 aliphatic carbocycles. The number of carbonyl (C=O) groups is 2. The molecule has 1 aromatic heterocycles. The molecule has 2 aromatic rings. The van der Waals surface area contributed by atoms with Crippen molar-refractivity contribution in [2.45, 2.75) is 6.92 Å². The molecule has 0 fully saturated rings. The predicted octanol–water partition coefficient (Wildman–Crippen LogP) is 3.70. The van der Waals surface area contributed by atoms with Crippen molar-refractivity contribution < 1.29 is 19.1 Å². The second-order valence-corrected chi connectivity index (χ2v) is 5.13. The molecule has 0 radical (unpaired) electrons. The maximum absolute atomic E-state index is 11.8. The van der Waals surface area contributed by atoms with Crippen molar-refractivity contribution in [3.05, 3.63) is 58.0 Å². The van der Waals surface area contributed by atoms with E-state index in [1.165, 1.54) is 24.3 Å². The van der Waals surface area contributed by atoms with Gasteiger partial charge in [0.2, 0.25) is 5.91 Å². The molecule has 0 saturated carbocycles. The highest BCUT2D eigenvalue weighted by Gasteiger charge is 2.08. The number of hydrogen-bond donors (Lipinski definition) is 2. The molecule has 0 spiro atoms. The summed E-state index contributed by atoms with van der Waals surface area (Å²) < 4.78 is 5.90. The minimum absolute atomic E-state index is 0.0964. The Morgan fingerprint density at radius 2 is 2.05 bits per heavy atom. The third kappa shape index (κ3) is 4.06. The number of carboxylic acid groups (broad SMARTS) is 1. The lowest BCUT2D eigenvalue weighted by atomic mass is 10.2. The summed E-state index contributed by atoms with van der Waals surface area (Å²) in [6.45, 7) is 1.81. The van der Waals surface area contributed by atoms with Crippen LogP contribution in [-0.2, 0) is 4.79 Å². The van der Waals surface area contributed by atoms with Gasteiger partial charge in [0.05, 0.1) is 11.3 Å². The van der Waals surface area contributed by atoms with Gasteiger partial charge in [0, 0.05) is 10.5 Å². The largest absolute Gasteiger partial charge is 0.478 e. The fourth-order valence-corrected chi connectivity index (χ4v) is 1.98. The smallest absolute Gasteiger partial charge is 0.335 e. The second kappa shape index (κ2) is 6.41. The molecule has 5 nitrogen and oxygen atoms in total. The third-order valence-corrected chi connectivity index (χ3v) is 3.32. The molecule has 6 heteroatoms. The van der Waals surface area contributed by atoms with Crippen LogP contribution in [0.3, 0.4) is 0 Å². The van der Waals surface area contributed by atoms with E-state index in [0.29, 0.717) is 15.9 Å². The van der Waals surface area contributed by atoms with Crippen molar-refractivity contribution in [2.75, 3.05) is 5.32 Å². The molecule has 1 amide bonds. The first-order chi connectivity index (χ1) is 9.95. The van der Waals surface area contributed by atoms with Gasteiger partial charge < -0.3 is 14.8 Å². The summed E-state index contributed by atoms with van der Waals surface area (Å²) in [5.41, 5.74) is 0.485. The molecule has 0 saturated heterocycles. The first-order valence-corrected chi connectivity index (χ1v) is 6.83. The van der Waals surface area contributed by atoms with Crippen LogP contribution < -0.4 is 5.32 Å². The number of anilines is 1. The summed E-state index contributed by atoms with van der Waals surface area (Å²) in [6.07, 6.45) is 2.86. The van der Waals surface area contributed by atoms with E-state index in [4.69, 9.17) is 9.52 Å². The van der Waals surface area contributed by atoms with Crippen molar-refractivity contribution in [1.82, 2.24) is 0 Å². The number of furan rings is 1. The molecular weight excluding hydrogens is 338 g/mol. The third-order valence-electron chi connectivity index (χ3n) is 2.63. The second-order valence-electron chi connectivity index (χ2n) is 4.27. The van der Waals surface area contributed by atoms with Gasteiger partial charge in [0.1, 0.15) is 11.5 Å². The van der Waals surface area contributed by atoms with Crippen LogP contribution in [0.5, 0.6) is 0 Å². The van der Waals surface area contributed by atoms with Gasteiger partial charge >= 0.3 is 5.97 Å². The number of benzene rings is 1. The van der Waals surface area contributed by atoms with Crippen LogP contribution in [0.1, 0.15) is 21.9 Å². The molecule has 1 heterocycles. The monoisotopic (exact) mass is 349 g/mol. The highest BCUT2D eigenvalue weighted by molar-refractivity contribution is 9.10. The molecule has 0 aliphatic heterocycles. The Morgan fingerprint density at radius 1 is 1.29 bits per heavy atom. The molecule has 0 atom stereocenters. The summed E-state index contributed by atoms with van der Waals surface area (Å²) >= 11 is 3.26. The zero-order chi connectivity index (χ0) is 15.4. The van der Waals surface area contributed by atoms with Gasteiger partial charge in [0.25, 0.3) is 0 Å². The highest BCUT2D eigenvalue weighted by Crippen LogP contribution is 2.23. The quantitative estimate of drug-likeness (QED) is 0.824. The van der Waals surface area contributed by atoms with Crippen LogP contribution >= 0.6 is 15.9 Å². The van der Waals surface area contributed by atoms with Crippen LogP contribution in [-0.4, -0.2) is 17.0 Å². The molecule has 2 rings (SSSR count). The van der Waals surface area contributed by atoms with Crippen LogP contribution in [0, 0.1) is 6.92 Å². The van der Waals surface area contributed by atoms with Gasteiger partial charge in [-0.25, -0.2) is 4.79 Å². The van der Waals surface area contributed by atoms with E-state index in [1.54, 1.807) is 18.2 Å². The van der Waals surface area contributed by atoms with Crippen molar-refractivity contribution in [2.24, 2.45) is 0 Å². The topological polar surface area (TPSA) is 79.5 Å². The van der Waals surface area contributed by atoms with E-state index in [2.05, 4.69) is 21.2 Å². The van der Waals surface area contributed by atoms with Crippen LogP contribution in [0.15, 0.2) is 45.3 Å². The number of halogens is 1. The fourth-order valence-electron chi connectivity index (χ4n) is 1.63. The zero-order valence-corrected chi connectivity index (χ0v) is 12.7. The Kier molecular flexibility index (Phi) is 4.59. The Morgan fingerprint density at radius 3 is 2.67 bits per heavy atom. The van der Waals surface area contributed by atoms with Gasteiger partial charge in [-0.3, -0.25) is 4.79 Å². The number of carbonyl (C=O) groups excluding carboxylic acids is 1. The number of aryl methyl sites for hydroxylation is 1. The van der Waals surface area contributed by atoms with E-state index < -0.39 is 5.97 Å². The Bertz CT molecular complexity index is 718. The number of carboxylic acids is 1. The average molecular weight is 350 g/mol. The van der Waals surface area contributed by atoms with Crippen LogP contribution in [0.4, 0.5) is 5.69 Å². The first-order valence-electron chi connectivity index (χ1n) is 6.04. The van der Waals surface area contributed by atoms with Crippen molar-refractivity contribution in [1.29, 1.82) is 0 Å². The molecule has 21 heavy (non-hydrogen) atoms. The SMILES string of the molecule is Cc1ccc(/C=C/C(=O)Nc2cc(C(=O)O)ccc2Br)o1. The minimum Gasteiger partial charge on any atom is -0.478 e. The average Bonchev–Trinajstić information content (AvgIpc) is 2.84. The normalized spacial score (nSPS) is 10.8. The maximum Gasteiger partial charge on any atom is 0.335 e. The highest BCUT2D eigenvalue weighted by atomic mass is 79.9. The molecular formula is C15H12BrNO4. The lowest BCUT2D eigenvalue weighted by Gasteiger charge is -2.06. The fraction of sp³-hybridized carbons (Fsp3) is 0.0667. The van der Waals surface area contributed by atoms with E-state index >= 15 is 0 Å². The van der Waals surface area contributed by atoms with E-state index in [0.717, 1.165) is 5.76 Å². The van der Waals surface area contributed by atoms with E-state index in [9.17, 15) is 9.59 Å². The zero-order valence-electron chi connectivity index (χ0n) is 11.1. The van der Waals surface area contributed by atoms with E-state index in [-0.39, 0.29) is 11.5 Å². The number of amides is 1. The van der Waals surface area contributed by atoms with Gasteiger partial charge in [-0.1, -0.05) is 0 Å². The van der Waals surface area contributed by atoms with E-state index in [1.807, 2.05) is 6.92 Å². The number of hydrogen-bond acceptors (Lipinski definition) is 3. The number of nitrogens with one attached hydrogen (secondary N) is 1. The van der Waals surface area contributed by atoms with Crippen LogP contribution in [0.25, 0.3) is 6.08 Å². The van der Waals surface area contributed by atoms with Gasteiger partial charge in [-0.15, -0.1) is 0 Å². The van der Waals surface area contributed by atoms with Gasteiger partial charge in [-0.2, -0.15) is 0 Å². The van der Waals surface area contributed by atoms with Gasteiger partial charge in [0.15, 0.2) is 0 Å². The predicted molar refractivity (Wildman–Crippen MR) is 82.2 cm³/mol. The van der Waals surface area contributed by atoms with Crippen LogP contribution in [0.2, 0.25) is 0 Å². The number of rotatable bonds is 4. The molecule has 0 aliphatic rings. The minimum atomic E-state index is -1.06. The van der Waals surface area contributed by atoms with Crippen molar-refractivity contribution in [3.8, 4) is 0 Å². The molecule has 108 valence electrons.